The maximum absolute atomic E-state index is 12.5. The third-order valence-electron chi connectivity index (χ3n) is 3.84. The number of halogens is 1. The molecule has 3 nitrogen and oxygen atoms in total. The van der Waals surface area contributed by atoms with E-state index in [-0.39, 0.29) is 4.74 Å². The van der Waals surface area contributed by atoms with Crippen LogP contribution in [0, 0.1) is 0 Å². The Hall–Kier alpha value is -1.24. The normalized spacial score (nSPS) is 14.0. The van der Waals surface area contributed by atoms with Crippen LogP contribution in [0.4, 0.5) is 10.8 Å². The molecular formula is C16H13BrN2OS2. The van der Waals surface area contributed by atoms with Crippen LogP contribution in [0.15, 0.2) is 33.5 Å². The first kappa shape index (κ1) is 14.4. The highest BCUT2D eigenvalue weighted by Gasteiger charge is 2.19. The van der Waals surface area contributed by atoms with Gasteiger partial charge in [0.05, 0.1) is 5.39 Å². The average Bonchev–Trinajstić information content (AvgIpc) is 2.88. The zero-order valence-corrected chi connectivity index (χ0v) is 14.9. The second-order valence-corrected chi connectivity index (χ2v) is 8.29. The van der Waals surface area contributed by atoms with Crippen LogP contribution in [-0.2, 0) is 12.8 Å². The van der Waals surface area contributed by atoms with Gasteiger partial charge in [-0.25, -0.2) is 4.98 Å². The second-order valence-electron chi connectivity index (χ2n) is 5.33. The standard InChI is InChI=1S/C16H13BrN2OS2/c17-9-5-7-10(8-6-9)18-16-19-14-13(15(20)22-16)11-3-1-2-4-12(11)21-14/h5-8H,1-4H2,(H,18,19). The molecule has 0 bridgehead atoms. The molecule has 22 heavy (non-hydrogen) atoms. The highest BCUT2D eigenvalue weighted by Crippen LogP contribution is 2.35. The van der Waals surface area contributed by atoms with Gasteiger partial charge in [-0.15, -0.1) is 11.3 Å². The molecule has 0 radical (unpaired) electrons. The van der Waals surface area contributed by atoms with Crippen LogP contribution in [0.5, 0.6) is 0 Å². The number of hydrogen-bond acceptors (Lipinski definition) is 5. The van der Waals surface area contributed by atoms with Gasteiger partial charge in [0.2, 0.25) is 4.74 Å². The molecule has 0 aliphatic heterocycles. The molecule has 0 amide bonds. The maximum atomic E-state index is 12.5. The summed E-state index contributed by atoms with van der Waals surface area (Å²) in [4.78, 5) is 19.4. The maximum Gasteiger partial charge on any atom is 0.246 e. The third kappa shape index (κ3) is 2.59. The Balaban J connectivity index is 1.77. The molecule has 2 aromatic heterocycles. The van der Waals surface area contributed by atoms with Crippen molar-refractivity contribution in [1.29, 1.82) is 0 Å². The lowest BCUT2D eigenvalue weighted by molar-refractivity contribution is 0.700. The fourth-order valence-electron chi connectivity index (χ4n) is 2.80. The number of fused-ring (bicyclic) bond motifs is 3. The SMILES string of the molecule is O=c1sc(Nc2ccc(Br)cc2)nc2sc3c(c12)CCCC3. The minimum atomic E-state index is 0.129. The minimum Gasteiger partial charge on any atom is -0.331 e. The van der Waals surface area contributed by atoms with Gasteiger partial charge in [-0.2, -0.15) is 0 Å². The van der Waals surface area contributed by atoms with Crippen LogP contribution in [0.1, 0.15) is 23.3 Å². The highest BCUT2D eigenvalue weighted by atomic mass is 79.9. The molecule has 1 N–H and O–H groups in total. The van der Waals surface area contributed by atoms with Crippen molar-refractivity contribution in [2.45, 2.75) is 25.7 Å². The van der Waals surface area contributed by atoms with Crippen molar-refractivity contribution in [2.75, 3.05) is 5.32 Å². The van der Waals surface area contributed by atoms with Gasteiger partial charge in [-0.3, -0.25) is 4.79 Å². The van der Waals surface area contributed by atoms with Gasteiger partial charge in [-0.05, 0) is 55.5 Å². The van der Waals surface area contributed by atoms with E-state index in [1.807, 2.05) is 24.3 Å². The molecule has 6 heteroatoms. The summed E-state index contributed by atoms with van der Waals surface area (Å²) >= 11 is 6.31. The molecule has 112 valence electrons. The van der Waals surface area contributed by atoms with E-state index in [0.29, 0.717) is 5.13 Å². The number of aryl methyl sites for hydroxylation is 2. The topological polar surface area (TPSA) is 42.0 Å². The fourth-order valence-corrected chi connectivity index (χ4v) is 5.26. The molecule has 1 aliphatic carbocycles. The smallest absolute Gasteiger partial charge is 0.246 e. The van der Waals surface area contributed by atoms with Crippen LogP contribution in [-0.4, -0.2) is 4.98 Å². The zero-order valence-electron chi connectivity index (χ0n) is 11.7. The van der Waals surface area contributed by atoms with Crippen molar-refractivity contribution in [3.05, 3.63) is 48.7 Å². The van der Waals surface area contributed by atoms with Crippen molar-refractivity contribution in [3.8, 4) is 0 Å². The van der Waals surface area contributed by atoms with Gasteiger partial charge >= 0.3 is 0 Å². The first-order valence-corrected chi connectivity index (χ1v) is 9.61. The van der Waals surface area contributed by atoms with Crippen LogP contribution in [0.25, 0.3) is 10.2 Å². The minimum absolute atomic E-state index is 0.129. The molecule has 4 rings (SSSR count). The molecule has 0 spiro atoms. The van der Waals surface area contributed by atoms with Crippen molar-refractivity contribution in [3.63, 3.8) is 0 Å². The van der Waals surface area contributed by atoms with Gasteiger partial charge in [-0.1, -0.05) is 27.3 Å². The Kier molecular flexibility index (Phi) is 3.76. The number of nitrogens with zero attached hydrogens (tertiary/aromatic N) is 1. The Morgan fingerprint density at radius 3 is 2.68 bits per heavy atom. The van der Waals surface area contributed by atoms with E-state index >= 15 is 0 Å². The Morgan fingerprint density at radius 2 is 1.86 bits per heavy atom. The molecule has 3 aromatic rings. The first-order chi connectivity index (χ1) is 10.7. The Bertz CT molecular complexity index is 899. The van der Waals surface area contributed by atoms with Crippen LogP contribution < -0.4 is 10.1 Å². The summed E-state index contributed by atoms with van der Waals surface area (Å²) in [5.74, 6) is 0. The third-order valence-corrected chi connectivity index (χ3v) is 6.34. The van der Waals surface area contributed by atoms with Gasteiger partial charge in [0.1, 0.15) is 4.83 Å². The number of hydrogen-bond donors (Lipinski definition) is 1. The van der Waals surface area contributed by atoms with Crippen molar-refractivity contribution >= 4 is 59.6 Å². The van der Waals surface area contributed by atoms with E-state index in [0.717, 1.165) is 33.2 Å². The number of nitrogens with one attached hydrogen (secondary N) is 1. The van der Waals surface area contributed by atoms with Crippen molar-refractivity contribution < 1.29 is 0 Å². The fraction of sp³-hybridized carbons (Fsp3) is 0.250. The molecule has 0 saturated heterocycles. The number of thiophene rings is 1. The summed E-state index contributed by atoms with van der Waals surface area (Å²) in [6.07, 6.45) is 4.53. The van der Waals surface area contributed by atoms with Crippen LogP contribution in [0.2, 0.25) is 0 Å². The highest BCUT2D eigenvalue weighted by molar-refractivity contribution is 9.10. The predicted molar refractivity (Wildman–Crippen MR) is 97.8 cm³/mol. The average molecular weight is 393 g/mol. The number of rotatable bonds is 2. The van der Waals surface area contributed by atoms with E-state index in [2.05, 4.69) is 26.2 Å². The van der Waals surface area contributed by atoms with Gasteiger partial charge in [0.25, 0.3) is 0 Å². The van der Waals surface area contributed by atoms with E-state index < -0.39 is 0 Å². The Labute approximate surface area is 144 Å². The summed E-state index contributed by atoms with van der Waals surface area (Å²) in [7, 11) is 0. The first-order valence-electron chi connectivity index (χ1n) is 7.19. The molecule has 0 atom stereocenters. The quantitative estimate of drug-likeness (QED) is 0.659. The van der Waals surface area contributed by atoms with Gasteiger partial charge < -0.3 is 5.32 Å². The van der Waals surface area contributed by atoms with E-state index in [1.165, 1.54) is 34.6 Å². The summed E-state index contributed by atoms with van der Waals surface area (Å²) < 4.78 is 1.16. The molecule has 0 fully saturated rings. The molecule has 1 aliphatic rings. The van der Waals surface area contributed by atoms with Crippen molar-refractivity contribution in [2.24, 2.45) is 0 Å². The largest absolute Gasteiger partial charge is 0.331 e. The van der Waals surface area contributed by atoms with E-state index in [9.17, 15) is 4.79 Å². The lowest BCUT2D eigenvalue weighted by Gasteiger charge is -2.09. The molecule has 2 heterocycles. The lowest BCUT2D eigenvalue weighted by Crippen LogP contribution is -2.04. The molecule has 1 aromatic carbocycles. The van der Waals surface area contributed by atoms with Gasteiger partial charge in [0.15, 0.2) is 5.13 Å². The lowest BCUT2D eigenvalue weighted by atomic mass is 9.98. The van der Waals surface area contributed by atoms with Gasteiger partial charge in [0, 0.05) is 15.0 Å². The monoisotopic (exact) mass is 392 g/mol. The molecule has 0 saturated carbocycles. The number of benzene rings is 1. The molecular weight excluding hydrogens is 380 g/mol. The van der Waals surface area contributed by atoms with E-state index in [4.69, 9.17) is 0 Å². The van der Waals surface area contributed by atoms with E-state index in [1.54, 1.807) is 11.3 Å². The van der Waals surface area contributed by atoms with Crippen LogP contribution >= 0.6 is 38.6 Å². The summed E-state index contributed by atoms with van der Waals surface area (Å²) in [6, 6.07) is 7.86. The summed E-state index contributed by atoms with van der Waals surface area (Å²) in [6.45, 7) is 0. The predicted octanol–water partition coefficient (Wildman–Crippen LogP) is 5.10. The Morgan fingerprint density at radius 1 is 1.09 bits per heavy atom. The molecule has 0 unspecified atom stereocenters. The second kappa shape index (κ2) is 5.76. The summed E-state index contributed by atoms with van der Waals surface area (Å²) in [5, 5.41) is 4.77. The summed E-state index contributed by atoms with van der Waals surface area (Å²) in [5.41, 5.74) is 2.20. The number of aromatic nitrogens is 1. The van der Waals surface area contributed by atoms with Crippen LogP contribution in [0.3, 0.4) is 0 Å². The zero-order chi connectivity index (χ0) is 15.1. The van der Waals surface area contributed by atoms with Crippen molar-refractivity contribution in [1.82, 2.24) is 4.98 Å². The number of anilines is 2.